The Labute approximate surface area is 267 Å². The molecule has 0 spiro atoms. The maximum Gasteiger partial charge on any atom is 0.233 e. The largest absolute Gasteiger partial charge is 0.507 e. The Bertz CT molecular complexity index is 1910. The molecular formula is C39H36N2O5. The van der Waals surface area contributed by atoms with Gasteiger partial charge in [-0.1, -0.05) is 72.3 Å². The van der Waals surface area contributed by atoms with E-state index in [1.165, 1.54) is 11.6 Å². The molecule has 7 nitrogen and oxygen atoms in total. The predicted octanol–water partition coefficient (Wildman–Crippen LogP) is 5.64. The molecule has 0 saturated carbocycles. The first-order valence-electron chi connectivity index (χ1n) is 16.4. The van der Waals surface area contributed by atoms with Crippen LogP contribution in [0.3, 0.4) is 0 Å². The van der Waals surface area contributed by atoms with Gasteiger partial charge in [-0.05, 0) is 67.2 Å². The van der Waals surface area contributed by atoms with Crippen molar-refractivity contribution in [3.05, 3.63) is 112 Å². The third-order valence-electron chi connectivity index (χ3n) is 11.0. The van der Waals surface area contributed by atoms with E-state index in [2.05, 4.69) is 23.1 Å². The SMILES string of the molecule is CC1=CC(=O)C2=C(CC3C(=CCC4C(=O)N(C5CCN(Cc6ccccc6)CC5)C(=O)C43)C2c2ccc(O)c3ccccc23)C1=O. The fourth-order valence-corrected chi connectivity index (χ4v) is 8.86. The number of phenolic OH excluding ortho intramolecular Hbond substituents is 1. The van der Waals surface area contributed by atoms with Crippen molar-refractivity contribution in [1.82, 2.24) is 9.80 Å². The Morgan fingerprint density at radius 2 is 1.54 bits per heavy atom. The molecule has 7 heteroatoms. The lowest BCUT2D eigenvalue weighted by molar-refractivity contribution is -0.144. The van der Waals surface area contributed by atoms with Gasteiger partial charge in [0.15, 0.2) is 11.6 Å². The first kappa shape index (κ1) is 28.8. The number of amides is 2. The molecule has 232 valence electrons. The maximum atomic E-state index is 14.4. The fourth-order valence-electron chi connectivity index (χ4n) is 8.86. The van der Waals surface area contributed by atoms with E-state index in [9.17, 15) is 24.3 Å². The van der Waals surface area contributed by atoms with E-state index >= 15 is 0 Å². The summed E-state index contributed by atoms with van der Waals surface area (Å²) in [7, 11) is 0. The van der Waals surface area contributed by atoms with Gasteiger partial charge in [-0.15, -0.1) is 0 Å². The smallest absolute Gasteiger partial charge is 0.233 e. The molecule has 2 aliphatic heterocycles. The fraction of sp³-hybridized carbons (Fsp3) is 0.333. The van der Waals surface area contributed by atoms with Gasteiger partial charge in [0.2, 0.25) is 11.8 Å². The number of benzene rings is 3. The number of phenols is 1. The first-order chi connectivity index (χ1) is 22.3. The van der Waals surface area contributed by atoms with Crippen molar-refractivity contribution >= 4 is 34.2 Å². The van der Waals surface area contributed by atoms with Gasteiger partial charge < -0.3 is 5.11 Å². The monoisotopic (exact) mass is 612 g/mol. The highest BCUT2D eigenvalue weighted by molar-refractivity contribution is 6.24. The molecular weight excluding hydrogens is 576 g/mol. The predicted molar refractivity (Wildman–Crippen MR) is 174 cm³/mol. The number of likely N-dealkylation sites (tertiary alicyclic amines) is 2. The number of ketones is 2. The second kappa shape index (κ2) is 11.0. The topological polar surface area (TPSA) is 95.0 Å². The number of hydrogen-bond donors (Lipinski definition) is 1. The number of aromatic hydroxyl groups is 1. The van der Waals surface area contributed by atoms with Crippen LogP contribution >= 0.6 is 0 Å². The number of nitrogens with zero attached hydrogens (tertiary/aromatic N) is 2. The molecule has 2 fully saturated rings. The Hall–Kier alpha value is -4.62. The van der Waals surface area contributed by atoms with E-state index in [0.29, 0.717) is 28.5 Å². The zero-order valence-corrected chi connectivity index (χ0v) is 25.8. The summed E-state index contributed by atoms with van der Waals surface area (Å²) in [6.07, 6.45) is 5.68. The van der Waals surface area contributed by atoms with Crippen molar-refractivity contribution in [2.24, 2.45) is 17.8 Å². The lowest BCUT2D eigenvalue weighted by Crippen LogP contribution is -2.47. The quantitative estimate of drug-likeness (QED) is 0.233. The lowest BCUT2D eigenvalue weighted by Gasteiger charge is -2.42. The molecule has 1 N–H and O–H groups in total. The second-order valence-electron chi connectivity index (χ2n) is 13.5. The van der Waals surface area contributed by atoms with E-state index in [0.717, 1.165) is 49.0 Å². The number of piperidine rings is 1. The molecule has 5 aliphatic rings. The van der Waals surface area contributed by atoms with Crippen LogP contribution in [0.1, 0.15) is 49.7 Å². The Morgan fingerprint density at radius 1 is 0.826 bits per heavy atom. The molecule has 8 rings (SSSR count). The molecule has 3 aromatic rings. The van der Waals surface area contributed by atoms with E-state index < -0.39 is 17.8 Å². The van der Waals surface area contributed by atoms with Crippen LogP contribution in [0.2, 0.25) is 0 Å². The highest BCUT2D eigenvalue weighted by Gasteiger charge is 2.57. The molecule has 2 amide bonds. The van der Waals surface area contributed by atoms with Gasteiger partial charge in [-0.3, -0.25) is 29.0 Å². The highest BCUT2D eigenvalue weighted by atomic mass is 16.3. The molecule has 4 unspecified atom stereocenters. The van der Waals surface area contributed by atoms with Gasteiger partial charge in [0.1, 0.15) is 5.75 Å². The van der Waals surface area contributed by atoms with Crippen molar-refractivity contribution in [2.75, 3.05) is 13.1 Å². The van der Waals surface area contributed by atoms with Gasteiger partial charge in [0.05, 0.1) is 11.8 Å². The van der Waals surface area contributed by atoms with Crippen LogP contribution in [0.4, 0.5) is 0 Å². The van der Waals surface area contributed by atoms with Gasteiger partial charge in [-0.2, -0.15) is 0 Å². The Kier molecular flexibility index (Phi) is 6.91. The number of fused-ring (bicyclic) bond motifs is 4. The summed E-state index contributed by atoms with van der Waals surface area (Å²) in [6.45, 7) is 4.14. The summed E-state index contributed by atoms with van der Waals surface area (Å²) in [5, 5.41) is 12.1. The van der Waals surface area contributed by atoms with Crippen LogP contribution in [0.25, 0.3) is 10.8 Å². The number of Topliss-reactive ketones (excluding diaryl/α,β-unsaturated/α-hetero) is 1. The van der Waals surface area contributed by atoms with Crippen molar-refractivity contribution in [3.63, 3.8) is 0 Å². The zero-order valence-electron chi connectivity index (χ0n) is 25.8. The molecule has 3 aliphatic carbocycles. The summed E-state index contributed by atoms with van der Waals surface area (Å²) in [5.74, 6) is -2.37. The minimum absolute atomic E-state index is 0.0969. The molecule has 0 radical (unpaired) electrons. The summed E-state index contributed by atoms with van der Waals surface area (Å²) in [5.41, 5.74) is 4.33. The number of rotatable bonds is 4. The number of carbonyl (C=O) groups excluding carboxylic acids is 4. The van der Waals surface area contributed by atoms with Crippen LogP contribution in [-0.2, 0) is 25.7 Å². The van der Waals surface area contributed by atoms with E-state index in [1.807, 2.05) is 48.5 Å². The van der Waals surface area contributed by atoms with Crippen LogP contribution in [-0.4, -0.2) is 57.4 Å². The van der Waals surface area contributed by atoms with Gasteiger partial charge in [-0.25, -0.2) is 0 Å². The normalized spacial score (nSPS) is 27.0. The van der Waals surface area contributed by atoms with Crippen LogP contribution < -0.4 is 0 Å². The summed E-state index contributed by atoms with van der Waals surface area (Å²) in [4.78, 5) is 59.7. The molecule has 46 heavy (non-hydrogen) atoms. The summed E-state index contributed by atoms with van der Waals surface area (Å²) < 4.78 is 0. The summed E-state index contributed by atoms with van der Waals surface area (Å²) >= 11 is 0. The lowest BCUT2D eigenvalue weighted by atomic mass is 9.59. The number of imide groups is 1. The van der Waals surface area contributed by atoms with Crippen molar-refractivity contribution < 1.29 is 24.3 Å². The standard InChI is InChI=1S/C39H36N2O5/c1-22-19-33(43)36-31(37(22)44)20-30-28(34(36)27-13-14-32(42)26-10-6-5-9-25(26)27)11-12-29-35(30)39(46)41(38(29)45)24-15-17-40(18-16-24)21-23-7-3-2-4-8-23/h2-11,13-14,19,24,29-30,34-35,42H,12,15-18,20-21H2,1H3. The van der Waals surface area contributed by atoms with Crippen molar-refractivity contribution in [3.8, 4) is 5.75 Å². The number of hydrogen-bond acceptors (Lipinski definition) is 6. The minimum atomic E-state index is -0.566. The van der Waals surface area contributed by atoms with E-state index in [1.54, 1.807) is 17.9 Å². The third-order valence-corrected chi connectivity index (χ3v) is 11.0. The van der Waals surface area contributed by atoms with Gasteiger partial charge >= 0.3 is 0 Å². The molecule has 0 aromatic heterocycles. The van der Waals surface area contributed by atoms with Crippen LogP contribution in [0, 0.1) is 17.8 Å². The molecule has 2 saturated heterocycles. The first-order valence-corrected chi connectivity index (χ1v) is 16.4. The number of carbonyl (C=O) groups is 4. The Morgan fingerprint density at radius 3 is 2.30 bits per heavy atom. The van der Waals surface area contributed by atoms with Gasteiger partial charge in [0, 0.05) is 53.7 Å². The van der Waals surface area contributed by atoms with Crippen molar-refractivity contribution in [2.45, 2.75) is 51.1 Å². The maximum absolute atomic E-state index is 14.4. The molecule has 2 heterocycles. The molecule has 4 atom stereocenters. The zero-order chi connectivity index (χ0) is 31.7. The number of allylic oxidation sites excluding steroid dienone is 6. The van der Waals surface area contributed by atoms with E-state index in [4.69, 9.17) is 0 Å². The Balaban J connectivity index is 1.14. The average molecular weight is 613 g/mol. The van der Waals surface area contributed by atoms with Crippen LogP contribution in [0.5, 0.6) is 5.75 Å². The minimum Gasteiger partial charge on any atom is -0.507 e. The molecule has 3 aromatic carbocycles. The second-order valence-corrected chi connectivity index (χ2v) is 13.5. The van der Waals surface area contributed by atoms with Crippen molar-refractivity contribution in [1.29, 1.82) is 0 Å². The summed E-state index contributed by atoms with van der Waals surface area (Å²) in [6, 6.07) is 21.2. The van der Waals surface area contributed by atoms with Crippen LogP contribution in [0.15, 0.2) is 101 Å². The highest BCUT2D eigenvalue weighted by Crippen LogP contribution is 2.56. The van der Waals surface area contributed by atoms with Gasteiger partial charge in [0.25, 0.3) is 0 Å². The molecule has 0 bridgehead atoms. The van der Waals surface area contributed by atoms with E-state index in [-0.39, 0.29) is 47.5 Å². The third kappa shape index (κ3) is 4.43. The average Bonchev–Trinajstić information content (AvgIpc) is 3.33.